The molecule has 0 saturated carbocycles. The maximum atomic E-state index is 11.3. The Kier molecular flexibility index (Phi) is 4.19. The van der Waals surface area contributed by atoms with Crippen molar-refractivity contribution in [3.05, 3.63) is 11.8 Å². The largest absolute Gasteiger partial charge is 0.396 e. The second-order valence-corrected chi connectivity index (χ2v) is 3.07. The van der Waals surface area contributed by atoms with E-state index in [2.05, 4.69) is 4.99 Å². The molecule has 4 nitrogen and oxygen atoms in total. The summed E-state index contributed by atoms with van der Waals surface area (Å²) in [6.45, 7) is 0.0579. The van der Waals surface area contributed by atoms with Crippen molar-refractivity contribution >= 4 is 17.8 Å². The highest BCUT2D eigenvalue weighted by atomic mass is 16.3. The maximum absolute atomic E-state index is 11.3. The number of carbonyl (C=O) groups is 2. The molecular formula is C10H13NO3. The number of aliphatic imine (C=N–C) groups is 1. The lowest BCUT2D eigenvalue weighted by atomic mass is 10.1. The van der Waals surface area contributed by atoms with Gasteiger partial charge in [-0.25, -0.2) is 0 Å². The summed E-state index contributed by atoms with van der Waals surface area (Å²) in [4.78, 5) is 26.4. The zero-order valence-corrected chi connectivity index (χ0v) is 7.90. The second-order valence-electron chi connectivity index (χ2n) is 3.07. The molecule has 0 unspecified atom stereocenters. The summed E-state index contributed by atoms with van der Waals surface area (Å²) in [5.74, 6) is -0.916. The van der Waals surface area contributed by atoms with E-state index >= 15 is 0 Å². The fraction of sp³-hybridized carbons (Fsp3) is 0.500. The van der Waals surface area contributed by atoms with Crippen LogP contribution in [0.5, 0.6) is 0 Å². The monoisotopic (exact) mass is 195 g/mol. The van der Waals surface area contributed by atoms with Gasteiger partial charge in [-0.15, -0.1) is 0 Å². The molecule has 0 saturated heterocycles. The Morgan fingerprint density at radius 2 is 2.21 bits per heavy atom. The van der Waals surface area contributed by atoms with Crippen LogP contribution in [0.2, 0.25) is 0 Å². The van der Waals surface area contributed by atoms with Crippen molar-refractivity contribution in [3.63, 3.8) is 0 Å². The minimum atomic E-state index is -0.503. The summed E-state index contributed by atoms with van der Waals surface area (Å²) >= 11 is 0. The number of aliphatic hydroxyl groups excluding tert-OH is 1. The van der Waals surface area contributed by atoms with Crippen LogP contribution in [0.3, 0.4) is 0 Å². The van der Waals surface area contributed by atoms with Gasteiger partial charge in [0.1, 0.15) is 5.70 Å². The smallest absolute Gasteiger partial charge is 0.246 e. The average Bonchev–Trinajstić information content (AvgIpc) is 2.69. The molecule has 0 bridgehead atoms. The average molecular weight is 195 g/mol. The standard InChI is InChI=1S/C10H13NO3/c12-7-2-1-5-9(13)10(14)8-4-3-6-11-8/h4,6,12H,1-3,5,7H2. The molecule has 0 amide bonds. The first kappa shape index (κ1) is 10.8. The van der Waals surface area contributed by atoms with Gasteiger partial charge in [0.2, 0.25) is 11.6 Å². The van der Waals surface area contributed by atoms with E-state index in [0.717, 1.165) is 0 Å². The number of allylic oxidation sites excluding steroid dienone is 2. The highest BCUT2D eigenvalue weighted by molar-refractivity contribution is 6.43. The zero-order chi connectivity index (χ0) is 10.4. The van der Waals surface area contributed by atoms with E-state index < -0.39 is 11.6 Å². The molecule has 1 rings (SSSR count). The lowest BCUT2D eigenvalue weighted by Crippen LogP contribution is -2.14. The van der Waals surface area contributed by atoms with E-state index in [-0.39, 0.29) is 18.7 Å². The van der Waals surface area contributed by atoms with E-state index in [4.69, 9.17) is 5.11 Å². The number of rotatable bonds is 6. The molecule has 1 N–H and O–H groups in total. The summed E-state index contributed by atoms with van der Waals surface area (Å²) in [7, 11) is 0. The van der Waals surface area contributed by atoms with E-state index in [9.17, 15) is 9.59 Å². The zero-order valence-electron chi connectivity index (χ0n) is 7.90. The first-order chi connectivity index (χ1) is 6.75. The number of unbranched alkanes of at least 4 members (excludes halogenated alkanes) is 1. The van der Waals surface area contributed by atoms with Gasteiger partial charge < -0.3 is 5.11 Å². The Morgan fingerprint density at radius 1 is 1.43 bits per heavy atom. The fourth-order valence-electron chi connectivity index (χ4n) is 1.17. The summed E-state index contributed by atoms with van der Waals surface area (Å²) in [5, 5.41) is 8.50. The Balaban J connectivity index is 2.37. The number of hydrogen-bond donors (Lipinski definition) is 1. The molecule has 1 heterocycles. The normalized spacial score (nSPS) is 14.2. The van der Waals surface area contributed by atoms with Crippen LogP contribution in [0.1, 0.15) is 25.7 Å². The van der Waals surface area contributed by atoms with Crippen LogP contribution in [0.25, 0.3) is 0 Å². The van der Waals surface area contributed by atoms with Crippen LogP contribution < -0.4 is 0 Å². The molecule has 0 radical (unpaired) electrons. The maximum Gasteiger partial charge on any atom is 0.246 e. The molecule has 0 aromatic rings. The third kappa shape index (κ3) is 2.88. The molecule has 0 aliphatic carbocycles. The first-order valence-electron chi connectivity index (χ1n) is 4.67. The lowest BCUT2D eigenvalue weighted by molar-refractivity contribution is -0.134. The Hall–Kier alpha value is -1.29. The highest BCUT2D eigenvalue weighted by Gasteiger charge is 2.18. The topological polar surface area (TPSA) is 66.7 Å². The van der Waals surface area contributed by atoms with Gasteiger partial charge in [0.05, 0.1) is 0 Å². The van der Waals surface area contributed by atoms with Crippen LogP contribution in [0, 0.1) is 0 Å². The number of carbonyl (C=O) groups excluding carboxylic acids is 2. The molecule has 76 valence electrons. The third-order valence-electron chi connectivity index (χ3n) is 1.94. The third-order valence-corrected chi connectivity index (χ3v) is 1.94. The van der Waals surface area contributed by atoms with Gasteiger partial charge in [-0.05, 0) is 18.9 Å². The van der Waals surface area contributed by atoms with E-state index in [1.54, 1.807) is 12.3 Å². The van der Waals surface area contributed by atoms with Crippen molar-refractivity contribution < 1.29 is 14.7 Å². The number of Topliss-reactive ketones (excluding diaryl/α,β-unsaturated/α-hetero) is 2. The van der Waals surface area contributed by atoms with Gasteiger partial charge in [0.25, 0.3) is 0 Å². The van der Waals surface area contributed by atoms with Crippen molar-refractivity contribution in [1.29, 1.82) is 0 Å². The van der Waals surface area contributed by atoms with E-state index in [0.29, 0.717) is 19.3 Å². The predicted molar refractivity (Wildman–Crippen MR) is 52.1 cm³/mol. The minimum Gasteiger partial charge on any atom is -0.396 e. The first-order valence-corrected chi connectivity index (χ1v) is 4.67. The van der Waals surface area contributed by atoms with Crippen molar-refractivity contribution in [2.75, 3.05) is 6.61 Å². The fourth-order valence-corrected chi connectivity index (χ4v) is 1.17. The molecule has 1 aliphatic heterocycles. The Labute approximate surface area is 82.3 Å². The van der Waals surface area contributed by atoms with Crippen LogP contribution >= 0.6 is 0 Å². The Bertz CT molecular complexity index is 292. The molecule has 0 atom stereocenters. The molecule has 0 fully saturated rings. The van der Waals surface area contributed by atoms with Gasteiger partial charge >= 0.3 is 0 Å². The van der Waals surface area contributed by atoms with Gasteiger partial charge in [-0.2, -0.15) is 0 Å². The molecule has 0 spiro atoms. The number of ketones is 2. The van der Waals surface area contributed by atoms with Gasteiger partial charge in [-0.3, -0.25) is 14.6 Å². The number of hydrogen-bond acceptors (Lipinski definition) is 4. The molecule has 0 aromatic carbocycles. The molecular weight excluding hydrogens is 182 g/mol. The van der Waals surface area contributed by atoms with Gasteiger partial charge in [0, 0.05) is 25.7 Å². The predicted octanol–water partition coefficient (Wildman–Crippen LogP) is 0.646. The molecule has 14 heavy (non-hydrogen) atoms. The SMILES string of the molecule is O=C(CCCCO)C(=O)C1=CCC=N1. The van der Waals surface area contributed by atoms with Crippen LogP contribution in [-0.2, 0) is 9.59 Å². The summed E-state index contributed by atoms with van der Waals surface area (Å²) in [5.41, 5.74) is 0.263. The second kappa shape index (κ2) is 5.44. The van der Waals surface area contributed by atoms with Crippen molar-refractivity contribution in [2.24, 2.45) is 4.99 Å². The van der Waals surface area contributed by atoms with Crippen molar-refractivity contribution in [3.8, 4) is 0 Å². The molecule has 4 heteroatoms. The molecule has 1 aliphatic rings. The van der Waals surface area contributed by atoms with E-state index in [1.165, 1.54) is 0 Å². The minimum absolute atomic E-state index is 0.0579. The summed E-state index contributed by atoms with van der Waals surface area (Å²) in [6, 6.07) is 0. The van der Waals surface area contributed by atoms with Crippen LogP contribution in [0.4, 0.5) is 0 Å². The number of nitrogens with zero attached hydrogens (tertiary/aromatic N) is 1. The Morgan fingerprint density at radius 3 is 2.79 bits per heavy atom. The summed E-state index contributed by atoms with van der Waals surface area (Å²) < 4.78 is 0. The van der Waals surface area contributed by atoms with Gasteiger partial charge in [0.15, 0.2) is 0 Å². The van der Waals surface area contributed by atoms with Crippen LogP contribution in [-0.4, -0.2) is 29.5 Å². The van der Waals surface area contributed by atoms with Gasteiger partial charge in [-0.1, -0.05) is 0 Å². The highest BCUT2D eigenvalue weighted by Crippen LogP contribution is 2.09. The van der Waals surface area contributed by atoms with Crippen molar-refractivity contribution in [1.82, 2.24) is 0 Å². The number of aliphatic hydroxyl groups is 1. The molecule has 0 aromatic heterocycles. The van der Waals surface area contributed by atoms with Crippen LogP contribution in [0.15, 0.2) is 16.8 Å². The summed E-state index contributed by atoms with van der Waals surface area (Å²) in [6.07, 6.45) is 5.19. The van der Waals surface area contributed by atoms with Crippen molar-refractivity contribution in [2.45, 2.75) is 25.7 Å². The van der Waals surface area contributed by atoms with E-state index in [1.807, 2.05) is 0 Å². The quantitative estimate of drug-likeness (QED) is 0.499. The lowest BCUT2D eigenvalue weighted by Gasteiger charge is -1.97.